The Hall–Kier alpha value is -2.19. The summed E-state index contributed by atoms with van der Waals surface area (Å²) in [6, 6.07) is 5.91. The van der Waals surface area contributed by atoms with Crippen LogP contribution in [0, 0.1) is 33.6 Å². The van der Waals surface area contributed by atoms with Crippen LogP contribution in [0.15, 0.2) is 23.1 Å². The van der Waals surface area contributed by atoms with Gasteiger partial charge >= 0.3 is 0 Å². The second-order valence-electron chi connectivity index (χ2n) is 8.48. The molecule has 0 unspecified atom stereocenters. The first-order chi connectivity index (χ1) is 14.1. The van der Waals surface area contributed by atoms with Crippen molar-refractivity contribution in [2.45, 2.75) is 65.3 Å². The minimum absolute atomic E-state index is 0.123. The normalized spacial score (nSPS) is 16.0. The topological polar surface area (TPSA) is 84.3 Å². The highest BCUT2D eigenvalue weighted by Gasteiger charge is 2.32. The summed E-state index contributed by atoms with van der Waals surface area (Å²) in [5, 5.41) is 7.34. The number of nitrogens with one attached hydrogen (secondary N) is 1. The number of anilines is 1. The van der Waals surface area contributed by atoms with Gasteiger partial charge in [-0.25, -0.2) is 8.42 Å². The van der Waals surface area contributed by atoms with E-state index in [1.165, 1.54) is 0 Å². The zero-order valence-electron chi connectivity index (χ0n) is 18.5. The van der Waals surface area contributed by atoms with E-state index in [0.717, 1.165) is 29.7 Å². The summed E-state index contributed by atoms with van der Waals surface area (Å²) in [5.74, 6) is 0.430. The van der Waals surface area contributed by atoms with E-state index in [0.29, 0.717) is 36.9 Å². The predicted molar refractivity (Wildman–Crippen MR) is 118 cm³/mol. The van der Waals surface area contributed by atoms with Crippen molar-refractivity contribution in [3.63, 3.8) is 0 Å². The fourth-order valence-corrected chi connectivity index (χ4v) is 5.95. The van der Waals surface area contributed by atoms with Crippen LogP contribution in [-0.4, -0.2) is 41.5 Å². The van der Waals surface area contributed by atoms with Crippen LogP contribution >= 0.6 is 0 Å². The van der Waals surface area contributed by atoms with Crippen molar-refractivity contribution in [3.8, 4) is 0 Å². The molecule has 0 bridgehead atoms. The first kappa shape index (κ1) is 22.5. The van der Waals surface area contributed by atoms with E-state index in [4.69, 9.17) is 0 Å². The highest BCUT2D eigenvalue weighted by molar-refractivity contribution is 7.89. The molecule has 1 aromatic carbocycles. The van der Waals surface area contributed by atoms with Crippen LogP contribution in [0.2, 0.25) is 0 Å². The fraction of sp³-hybridized carbons (Fsp3) is 0.545. The van der Waals surface area contributed by atoms with Gasteiger partial charge in [-0.05, 0) is 69.7 Å². The van der Waals surface area contributed by atoms with Gasteiger partial charge in [-0.3, -0.25) is 9.48 Å². The molecule has 1 aliphatic heterocycles. The zero-order chi connectivity index (χ0) is 22.1. The maximum Gasteiger partial charge on any atom is 0.246 e. The molecule has 7 nitrogen and oxygen atoms in total. The quantitative estimate of drug-likeness (QED) is 0.756. The number of rotatable bonds is 6. The van der Waals surface area contributed by atoms with Crippen LogP contribution in [0.3, 0.4) is 0 Å². The van der Waals surface area contributed by atoms with Crippen molar-refractivity contribution in [1.82, 2.24) is 14.1 Å². The maximum atomic E-state index is 13.2. The highest BCUT2D eigenvalue weighted by atomic mass is 32.2. The van der Waals surface area contributed by atoms with Gasteiger partial charge in [0.1, 0.15) is 4.90 Å². The minimum Gasteiger partial charge on any atom is -0.326 e. The SMILES string of the molecule is Cc1cc(C)cc(NC(=O)CCn2nc(C)c(S(=O)(=O)N3CCC(C)CC3)c2C)c1. The zero-order valence-corrected chi connectivity index (χ0v) is 19.3. The number of piperidine rings is 1. The van der Waals surface area contributed by atoms with Gasteiger partial charge in [0, 0.05) is 25.2 Å². The van der Waals surface area contributed by atoms with Gasteiger partial charge in [0.25, 0.3) is 0 Å². The number of hydrogen-bond acceptors (Lipinski definition) is 4. The molecule has 1 amide bonds. The first-order valence-electron chi connectivity index (χ1n) is 10.5. The summed E-state index contributed by atoms with van der Waals surface area (Å²) in [4.78, 5) is 12.7. The molecule has 1 fully saturated rings. The Bertz CT molecular complexity index is 1010. The Balaban J connectivity index is 1.70. The van der Waals surface area contributed by atoms with Crippen molar-refractivity contribution < 1.29 is 13.2 Å². The predicted octanol–water partition coefficient (Wildman–Crippen LogP) is 3.57. The Kier molecular flexibility index (Phi) is 6.67. The molecule has 1 aliphatic rings. The van der Waals surface area contributed by atoms with Crippen LogP contribution < -0.4 is 5.32 Å². The summed E-state index contributed by atoms with van der Waals surface area (Å²) >= 11 is 0. The highest BCUT2D eigenvalue weighted by Crippen LogP contribution is 2.27. The van der Waals surface area contributed by atoms with E-state index in [-0.39, 0.29) is 17.2 Å². The number of benzene rings is 1. The molecule has 3 rings (SSSR count). The second kappa shape index (κ2) is 8.89. The first-order valence-corrected chi connectivity index (χ1v) is 11.9. The molecule has 0 radical (unpaired) electrons. The number of aromatic nitrogens is 2. The minimum atomic E-state index is -3.57. The third kappa shape index (κ3) is 4.92. The molecular weight excluding hydrogens is 400 g/mol. The number of hydrogen-bond donors (Lipinski definition) is 1. The van der Waals surface area contributed by atoms with Gasteiger partial charge < -0.3 is 5.32 Å². The van der Waals surface area contributed by atoms with Crippen LogP contribution in [-0.2, 0) is 21.4 Å². The Morgan fingerprint density at radius 1 is 1.10 bits per heavy atom. The molecule has 1 N–H and O–H groups in total. The lowest BCUT2D eigenvalue weighted by Crippen LogP contribution is -2.38. The molecule has 1 aromatic heterocycles. The van der Waals surface area contributed by atoms with E-state index in [1.807, 2.05) is 26.0 Å². The average Bonchev–Trinajstić information content (AvgIpc) is 2.93. The van der Waals surface area contributed by atoms with Crippen molar-refractivity contribution in [1.29, 1.82) is 0 Å². The molecule has 0 saturated carbocycles. The van der Waals surface area contributed by atoms with E-state index < -0.39 is 10.0 Å². The lowest BCUT2D eigenvalue weighted by Gasteiger charge is -2.29. The van der Waals surface area contributed by atoms with Crippen LogP contribution in [0.1, 0.15) is 48.7 Å². The molecule has 8 heteroatoms. The van der Waals surface area contributed by atoms with Gasteiger partial charge in [-0.2, -0.15) is 9.40 Å². The molecule has 0 spiro atoms. The van der Waals surface area contributed by atoms with E-state index >= 15 is 0 Å². The lowest BCUT2D eigenvalue weighted by atomic mass is 10.0. The summed E-state index contributed by atoms with van der Waals surface area (Å²) in [7, 11) is -3.57. The van der Waals surface area contributed by atoms with Gasteiger partial charge in [0.05, 0.1) is 17.9 Å². The van der Waals surface area contributed by atoms with Crippen molar-refractivity contribution in [2.24, 2.45) is 5.92 Å². The Morgan fingerprint density at radius 2 is 1.70 bits per heavy atom. The van der Waals surface area contributed by atoms with Gasteiger partial charge in [-0.15, -0.1) is 0 Å². The summed E-state index contributed by atoms with van der Waals surface area (Å²) in [6.07, 6.45) is 1.98. The van der Waals surface area contributed by atoms with Crippen molar-refractivity contribution >= 4 is 21.6 Å². The molecule has 164 valence electrons. The van der Waals surface area contributed by atoms with Crippen molar-refractivity contribution in [2.75, 3.05) is 18.4 Å². The fourth-order valence-electron chi connectivity index (χ4n) is 4.10. The van der Waals surface area contributed by atoms with Crippen LogP contribution in [0.25, 0.3) is 0 Å². The smallest absolute Gasteiger partial charge is 0.246 e. The second-order valence-corrected chi connectivity index (χ2v) is 10.4. The molecule has 2 aromatic rings. The monoisotopic (exact) mass is 432 g/mol. The number of sulfonamides is 1. The molecule has 0 atom stereocenters. The molecule has 30 heavy (non-hydrogen) atoms. The average molecular weight is 433 g/mol. The number of amides is 1. The standard InChI is InChI=1S/C22H32N4O3S/c1-15-6-9-25(10-7-15)30(28,29)22-18(4)24-26(19(22)5)11-8-21(27)23-20-13-16(2)12-17(3)14-20/h12-15H,6-11H2,1-5H3,(H,23,27). The number of aryl methyl sites for hydroxylation is 4. The van der Waals surface area contributed by atoms with E-state index in [9.17, 15) is 13.2 Å². The molecule has 1 saturated heterocycles. The van der Waals surface area contributed by atoms with Gasteiger partial charge in [0.2, 0.25) is 15.9 Å². The number of carbonyl (C=O) groups is 1. The van der Waals surface area contributed by atoms with E-state index in [1.54, 1.807) is 22.8 Å². The molecule has 2 heterocycles. The molecule has 0 aliphatic carbocycles. The van der Waals surface area contributed by atoms with Crippen molar-refractivity contribution in [3.05, 3.63) is 40.7 Å². The number of carbonyl (C=O) groups excluding carboxylic acids is 1. The largest absolute Gasteiger partial charge is 0.326 e. The summed E-state index contributed by atoms with van der Waals surface area (Å²) in [5.41, 5.74) is 4.02. The Labute approximate surface area is 179 Å². The summed E-state index contributed by atoms with van der Waals surface area (Å²) in [6.45, 7) is 11.0. The van der Waals surface area contributed by atoms with Crippen LogP contribution in [0.5, 0.6) is 0 Å². The van der Waals surface area contributed by atoms with Gasteiger partial charge in [-0.1, -0.05) is 13.0 Å². The third-order valence-electron chi connectivity index (χ3n) is 5.71. The number of nitrogens with zero attached hydrogens (tertiary/aromatic N) is 3. The van der Waals surface area contributed by atoms with Crippen LogP contribution in [0.4, 0.5) is 5.69 Å². The maximum absolute atomic E-state index is 13.2. The third-order valence-corrected chi connectivity index (χ3v) is 7.86. The summed E-state index contributed by atoms with van der Waals surface area (Å²) < 4.78 is 29.6. The van der Waals surface area contributed by atoms with E-state index in [2.05, 4.69) is 23.4 Å². The van der Waals surface area contributed by atoms with Gasteiger partial charge in [0.15, 0.2) is 0 Å². The molecular formula is C22H32N4O3S. The lowest BCUT2D eigenvalue weighted by molar-refractivity contribution is -0.116. The Morgan fingerprint density at radius 3 is 2.30 bits per heavy atom.